The third kappa shape index (κ3) is 4.21. The fraction of sp³-hybridized carbons (Fsp3) is 0.158. The highest BCUT2D eigenvalue weighted by Gasteiger charge is 2.17. The number of benzene rings is 2. The minimum absolute atomic E-state index is 0.372. The minimum atomic E-state index is -0.813. The Bertz CT molecular complexity index is 745. The van der Waals surface area contributed by atoms with Crippen molar-refractivity contribution in [1.82, 2.24) is 0 Å². The van der Waals surface area contributed by atoms with Crippen molar-refractivity contribution < 1.29 is 14.3 Å². The van der Waals surface area contributed by atoms with Gasteiger partial charge in [-0.25, -0.2) is 4.79 Å². The number of nitrogens with zero attached hydrogens (tertiary/aromatic N) is 1. The number of hydrogen-bond acceptors (Lipinski definition) is 4. The van der Waals surface area contributed by atoms with Gasteiger partial charge in [0.2, 0.25) is 0 Å². The van der Waals surface area contributed by atoms with E-state index in [4.69, 9.17) is 14.7 Å². The Kier molecular flexibility index (Phi) is 5.54. The van der Waals surface area contributed by atoms with Crippen LogP contribution in [0.15, 0.2) is 54.6 Å². The van der Waals surface area contributed by atoms with Crippen LogP contribution in [-0.2, 0) is 9.53 Å². The molecule has 0 fully saturated rings. The van der Waals surface area contributed by atoms with Gasteiger partial charge >= 0.3 is 5.97 Å². The second-order valence-electron chi connectivity index (χ2n) is 4.84. The summed E-state index contributed by atoms with van der Waals surface area (Å²) in [6.45, 7) is 1.53. The third-order valence-electron chi connectivity index (χ3n) is 3.21. The van der Waals surface area contributed by atoms with Gasteiger partial charge in [0.25, 0.3) is 0 Å². The molecule has 0 heterocycles. The quantitative estimate of drug-likeness (QED) is 0.480. The maximum Gasteiger partial charge on any atom is 0.340 e. The lowest BCUT2D eigenvalue weighted by atomic mass is 10.0. The molecule has 0 aliphatic carbocycles. The lowest BCUT2D eigenvalue weighted by Crippen LogP contribution is -2.14. The predicted molar refractivity (Wildman–Crippen MR) is 88.5 cm³/mol. The Morgan fingerprint density at radius 3 is 2.43 bits per heavy atom. The van der Waals surface area contributed by atoms with Gasteiger partial charge in [0, 0.05) is 5.56 Å². The first-order valence-electron chi connectivity index (χ1n) is 7.16. The lowest BCUT2D eigenvalue weighted by Gasteiger charge is -2.11. The summed E-state index contributed by atoms with van der Waals surface area (Å²) in [7, 11) is 1.57. The summed E-state index contributed by atoms with van der Waals surface area (Å²) >= 11 is 0. The molecule has 2 rings (SSSR count). The van der Waals surface area contributed by atoms with Crippen molar-refractivity contribution in [3.05, 3.63) is 65.7 Å². The fourth-order valence-electron chi connectivity index (χ4n) is 2.07. The van der Waals surface area contributed by atoms with E-state index in [2.05, 4.69) is 0 Å². The maximum atomic E-state index is 12.4. The van der Waals surface area contributed by atoms with Gasteiger partial charge in [0.1, 0.15) is 11.8 Å². The van der Waals surface area contributed by atoms with Gasteiger partial charge in [0.15, 0.2) is 6.10 Å². The molecule has 0 spiro atoms. The van der Waals surface area contributed by atoms with Crippen molar-refractivity contribution in [2.24, 2.45) is 0 Å². The average Bonchev–Trinajstić information content (AvgIpc) is 2.60. The zero-order chi connectivity index (χ0) is 16.7. The molecule has 0 amide bonds. The molecule has 0 aromatic heterocycles. The van der Waals surface area contributed by atoms with Gasteiger partial charge < -0.3 is 9.47 Å². The molecule has 0 radical (unpaired) electrons. The second-order valence-corrected chi connectivity index (χ2v) is 4.84. The third-order valence-corrected chi connectivity index (χ3v) is 3.21. The van der Waals surface area contributed by atoms with E-state index in [1.807, 2.05) is 60.7 Å². The van der Waals surface area contributed by atoms with E-state index in [9.17, 15) is 4.79 Å². The van der Waals surface area contributed by atoms with Crippen LogP contribution in [0.1, 0.15) is 18.1 Å². The number of methoxy groups -OCH3 is 1. The molecular formula is C19H17NO3. The van der Waals surface area contributed by atoms with Crippen molar-refractivity contribution in [2.75, 3.05) is 7.11 Å². The Balaban J connectivity index is 2.47. The molecule has 0 unspecified atom stereocenters. The number of carbonyl (C=O) groups excluding carboxylic acids is 1. The van der Waals surface area contributed by atoms with Crippen LogP contribution in [-0.4, -0.2) is 19.2 Å². The Morgan fingerprint density at radius 2 is 1.78 bits per heavy atom. The Morgan fingerprint density at radius 1 is 1.13 bits per heavy atom. The predicted octanol–water partition coefficient (Wildman–Crippen LogP) is 3.69. The number of carbonyl (C=O) groups is 1. The number of rotatable bonds is 5. The van der Waals surface area contributed by atoms with Gasteiger partial charge in [0.05, 0.1) is 12.7 Å². The van der Waals surface area contributed by atoms with E-state index >= 15 is 0 Å². The van der Waals surface area contributed by atoms with E-state index in [0.29, 0.717) is 16.9 Å². The van der Waals surface area contributed by atoms with Crippen LogP contribution in [0, 0.1) is 11.3 Å². The van der Waals surface area contributed by atoms with E-state index in [0.717, 1.165) is 5.56 Å². The summed E-state index contributed by atoms with van der Waals surface area (Å²) in [5, 5.41) is 8.84. The van der Waals surface area contributed by atoms with Crippen LogP contribution in [0.5, 0.6) is 5.75 Å². The average molecular weight is 307 g/mol. The SMILES string of the molecule is COc1ccccc1/C=C(/C(=O)O[C@@H](C)C#N)c1ccccc1. The summed E-state index contributed by atoms with van der Waals surface area (Å²) in [6.07, 6.45) is 0.896. The van der Waals surface area contributed by atoms with Crippen LogP contribution in [0.2, 0.25) is 0 Å². The summed E-state index contributed by atoms with van der Waals surface area (Å²) in [4.78, 5) is 12.4. The van der Waals surface area contributed by atoms with Gasteiger partial charge in [-0.2, -0.15) is 5.26 Å². The molecule has 0 aliphatic rings. The zero-order valence-corrected chi connectivity index (χ0v) is 13.0. The van der Waals surface area contributed by atoms with Gasteiger partial charge in [-0.05, 0) is 24.6 Å². The van der Waals surface area contributed by atoms with Crippen molar-refractivity contribution in [3.63, 3.8) is 0 Å². The van der Waals surface area contributed by atoms with Crippen LogP contribution in [0.3, 0.4) is 0 Å². The van der Waals surface area contributed by atoms with E-state index in [1.54, 1.807) is 13.2 Å². The standard InChI is InChI=1S/C19H17NO3/c1-14(13-20)23-19(21)17(15-8-4-3-5-9-15)12-16-10-6-7-11-18(16)22-2/h3-12,14H,1-2H3/b17-12+/t14-/m0/s1. The van der Waals surface area contributed by atoms with E-state index in [-0.39, 0.29) is 0 Å². The first-order valence-corrected chi connectivity index (χ1v) is 7.16. The highest BCUT2D eigenvalue weighted by atomic mass is 16.5. The van der Waals surface area contributed by atoms with E-state index < -0.39 is 12.1 Å². The summed E-state index contributed by atoms with van der Waals surface area (Å²) in [5.41, 5.74) is 1.85. The number of para-hydroxylation sites is 1. The van der Waals surface area contributed by atoms with Crippen molar-refractivity contribution in [3.8, 4) is 11.8 Å². The summed E-state index contributed by atoms with van der Waals surface area (Å²) in [5.74, 6) is 0.109. The normalized spacial score (nSPS) is 12.1. The first kappa shape index (κ1) is 16.3. The highest BCUT2D eigenvalue weighted by molar-refractivity contribution is 6.21. The monoisotopic (exact) mass is 307 g/mol. The summed E-state index contributed by atoms with van der Waals surface area (Å²) in [6, 6.07) is 18.5. The van der Waals surface area contributed by atoms with Crippen molar-refractivity contribution in [2.45, 2.75) is 13.0 Å². The molecule has 2 aromatic rings. The maximum absolute atomic E-state index is 12.4. The van der Waals surface area contributed by atoms with Crippen LogP contribution >= 0.6 is 0 Å². The minimum Gasteiger partial charge on any atom is -0.496 e. The number of esters is 1. The molecule has 0 bridgehead atoms. The van der Waals surface area contributed by atoms with E-state index in [1.165, 1.54) is 6.92 Å². The van der Waals surface area contributed by atoms with Crippen molar-refractivity contribution in [1.29, 1.82) is 5.26 Å². The molecule has 2 aromatic carbocycles. The topological polar surface area (TPSA) is 59.3 Å². The zero-order valence-electron chi connectivity index (χ0n) is 13.0. The number of nitriles is 1. The Hall–Kier alpha value is -3.06. The van der Waals surface area contributed by atoms with Gasteiger partial charge in [-0.1, -0.05) is 48.5 Å². The number of ether oxygens (including phenoxy) is 2. The molecular weight excluding hydrogens is 290 g/mol. The second kappa shape index (κ2) is 7.81. The molecule has 0 N–H and O–H groups in total. The highest BCUT2D eigenvalue weighted by Crippen LogP contribution is 2.25. The van der Waals surface area contributed by atoms with Crippen LogP contribution in [0.25, 0.3) is 11.6 Å². The molecule has 0 saturated carbocycles. The molecule has 4 nitrogen and oxygen atoms in total. The first-order chi connectivity index (χ1) is 11.2. The molecule has 1 atom stereocenters. The summed E-state index contributed by atoms with van der Waals surface area (Å²) < 4.78 is 10.5. The van der Waals surface area contributed by atoms with Crippen molar-refractivity contribution >= 4 is 17.6 Å². The lowest BCUT2D eigenvalue weighted by molar-refractivity contribution is -0.138. The molecule has 23 heavy (non-hydrogen) atoms. The van der Waals surface area contributed by atoms with Gasteiger partial charge in [-0.3, -0.25) is 0 Å². The largest absolute Gasteiger partial charge is 0.496 e. The van der Waals surface area contributed by atoms with Crippen LogP contribution < -0.4 is 4.74 Å². The Labute approximate surface area is 135 Å². The molecule has 116 valence electrons. The van der Waals surface area contributed by atoms with Gasteiger partial charge in [-0.15, -0.1) is 0 Å². The smallest absolute Gasteiger partial charge is 0.340 e. The molecule has 0 saturated heterocycles. The molecule has 0 aliphatic heterocycles. The number of hydrogen-bond donors (Lipinski definition) is 0. The fourth-order valence-corrected chi connectivity index (χ4v) is 2.07. The van der Waals surface area contributed by atoms with Crippen LogP contribution in [0.4, 0.5) is 0 Å². The molecule has 4 heteroatoms.